The van der Waals surface area contributed by atoms with E-state index in [1.54, 1.807) is 31.2 Å². The van der Waals surface area contributed by atoms with E-state index in [4.69, 9.17) is 9.15 Å². The van der Waals surface area contributed by atoms with Gasteiger partial charge in [-0.05, 0) is 65.8 Å². The monoisotopic (exact) mass is 431 g/mol. The minimum atomic E-state index is -0.662. The fourth-order valence-corrected chi connectivity index (χ4v) is 3.58. The number of ether oxygens (including phenoxy) is 1. The fraction of sp³-hybridized carbons (Fsp3) is 0.120. The Morgan fingerprint density at radius 1 is 1.16 bits per heavy atom. The molecule has 32 heavy (non-hydrogen) atoms. The second-order valence-corrected chi connectivity index (χ2v) is 7.12. The molecular weight excluding hydrogens is 413 g/mol. The molecule has 6 nitrogen and oxygen atoms in total. The molecule has 160 valence electrons. The highest BCUT2D eigenvalue weighted by Crippen LogP contribution is 2.37. The summed E-state index contributed by atoms with van der Waals surface area (Å²) in [4.78, 5) is 24.8. The number of methoxy groups -OCH3 is 1. The Kier molecular flexibility index (Phi) is 5.29. The molecule has 1 aliphatic carbocycles. The van der Waals surface area contributed by atoms with Crippen molar-refractivity contribution >= 4 is 28.4 Å². The molecule has 3 aromatic rings. The Hall–Kier alpha value is -4.31. The zero-order valence-electron chi connectivity index (χ0n) is 17.5. The van der Waals surface area contributed by atoms with Crippen LogP contribution in [0.5, 0.6) is 5.75 Å². The molecule has 0 saturated heterocycles. The van der Waals surface area contributed by atoms with Crippen molar-refractivity contribution in [1.82, 2.24) is 5.32 Å². The van der Waals surface area contributed by atoms with Gasteiger partial charge in [-0.25, -0.2) is 4.79 Å². The third-order valence-electron chi connectivity index (χ3n) is 5.16. The Bertz CT molecular complexity index is 1430. The number of furan rings is 1. The number of aromatic hydroxyl groups is 1. The van der Waals surface area contributed by atoms with E-state index in [0.717, 1.165) is 5.56 Å². The van der Waals surface area contributed by atoms with Crippen molar-refractivity contribution in [3.05, 3.63) is 82.2 Å². The number of aryl methyl sites for hydroxylation is 1. The number of hydrogen-bond acceptors (Lipinski definition) is 5. The Morgan fingerprint density at radius 3 is 2.59 bits per heavy atom. The third-order valence-corrected chi connectivity index (χ3v) is 5.16. The molecule has 0 unspecified atom stereocenters. The first kappa shape index (κ1) is 20.9. The lowest BCUT2D eigenvalue weighted by molar-refractivity contribution is 0.0597. The van der Waals surface area contributed by atoms with Gasteiger partial charge in [-0.3, -0.25) is 4.79 Å². The highest BCUT2D eigenvalue weighted by atomic mass is 19.1. The molecule has 1 heterocycles. The highest BCUT2D eigenvalue weighted by Gasteiger charge is 2.24. The van der Waals surface area contributed by atoms with Crippen molar-refractivity contribution in [2.24, 2.45) is 0 Å². The van der Waals surface area contributed by atoms with Crippen LogP contribution in [0, 0.1) is 6.92 Å². The molecular formula is C25H18FNO5. The van der Waals surface area contributed by atoms with E-state index in [1.807, 2.05) is 0 Å². The summed E-state index contributed by atoms with van der Waals surface area (Å²) in [7, 11) is 2.74. The number of benzene rings is 2. The molecule has 2 N–H and O–H groups in total. The topological polar surface area (TPSA) is 88.8 Å². The Morgan fingerprint density at radius 2 is 1.94 bits per heavy atom. The average molecular weight is 431 g/mol. The number of esters is 1. The molecule has 1 aliphatic rings. The first-order valence-electron chi connectivity index (χ1n) is 9.64. The summed E-state index contributed by atoms with van der Waals surface area (Å²) in [6.07, 6.45) is 2.68. The standard InChI is InChI=1S/C25H18FNO5/c1-13-10-20(28)18(25(30)31-3)12-17(13)15-6-9-21-19(11-15)22(24(29)27-2)23(32-21)14-4-7-16(26)8-5-14/h4,6-7,9-12,28H,1-3H3,(H,27,29). The highest BCUT2D eigenvalue weighted by molar-refractivity contribution is 6.11. The number of hydrogen-bond donors (Lipinski definition) is 2. The molecule has 7 heteroatoms. The number of halogens is 1. The normalized spacial score (nSPS) is 12.5. The molecule has 0 saturated carbocycles. The molecule has 0 spiro atoms. The largest absolute Gasteiger partial charge is 0.507 e. The van der Waals surface area contributed by atoms with E-state index in [9.17, 15) is 19.1 Å². The van der Waals surface area contributed by atoms with Crippen molar-refractivity contribution < 1.29 is 28.2 Å². The second-order valence-electron chi connectivity index (χ2n) is 7.12. The van der Waals surface area contributed by atoms with Crippen molar-refractivity contribution in [1.29, 1.82) is 0 Å². The van der Waals surface area contributed by atoms with Crippen molar-refractivity contribution in [3.8, 4) is 16.9 Å². The zero-order chi connectivity index (χ0) is 23.0. The predicted octanol–water partition coefficient (Wildman–Crippen LogP) is 4.82. The summed E-state index contributed by atoms with van der Waals surface area (Å²) in [5.74, 6) is -1.56. The van der Waals surface area contributed by atoms with E-state index < -0.39 is 11.8 Å². The van der Waals surface area contributed by atoms with Crippen LogP contribution in [-0.4, -0.2) is 31.1 Å². The van der Waals surface area contributed by atoms with Crippen LogP contribution in [0.1, 0.15) is 32.0 Å². The minimum absolute atomic E-state index is 0.0315. The Balaban J connectivity index is 1.96. The quantitative estimate of drug-likeness (QED) is 0.457. The molecule has 0 bridgehead atoms. The van der Waals surface area contributed by atoms with Gasteiger partial charge in [0.25, 0.3) is 5.91 Å². The number of fused-ring (bicyclic) bond motifs is 1. The van der Waals surface area contributed by atoms with Crippen molar-refractivity contribution in [3.63, 3.8) is 0 Å². The lowest BCUT2D eigenvalue weighted by atomic mass is 9.95. The van der Waals surface area contributed by atoms with Crippen LogP contribution in [0.4, 0.5) is 4.39 Å². The summed E-state index contributed by atoms with van der Waals surface area (Å²) in [6.45, 7) is 1.80. The fourth-order valence-electron chi connectivity index (χ4n) is 3.58. The molecule has 0 fully saturated rings. The van der Waals surface area contributed by atoms with Crippen LogP contribution in [0.3, 0.4) is 0 Å². The van der Waals surface area contributed by atoms with E-state index in [0.29, 0.717) is 27.7 Å². The number of nitrogens with one attached hydrogen (secondary N) is 1. The first-order valence-corrected chi connectivity index (χ1v) is 9.64. The summed E-state index contributed by atoms with van der Waals surface area (Å²) in [6, 6.07) is 8.28. The minimum Gasteiger partial charge on any atom is -0.507 e. The van der Waals surface area contributed by atoms with Gasteiger partial charge in [-0.15, -0.1) is 0 Å². The molecule has 1 aromatic heterocycles. The predicted molar refractivity (Wildman–Crippen MR) is 117 cm³/mol. The third kappa shape index (κ3) is 3.52. The van der Waals surface area contributed by atoms with Gasteiger partial charge in [0, 0.05) is 12.4 Å². The summed E-state index contributed by atoms with van der Waals surface area (Å²) >= 11 is 0. The van der Waals surface area contributed by atoms with Gasteiger partial charge in [0.1, 0.15) is 16.9 Å². The molecule has 0 atom stereocenters. The Labute approximate surface area is 182 Å². The number of amides is 1. The van der Waals surface area contributed by atoms with Gasteiger partial charge in [0.05, 0.1) is 18.2 Å². The lowest BCUT2D eigenvalue weighted by Gasteiger charge is -2.11. The molecule has 1 amide bonds. The van der Waals surface area contributed by atoms with Crippen LogP contribution in [0.15, 0.2) is 64.2 Å². The van der Waals surface area contributed by atoms with Gasteiger partial charge in [-0.1, -0.05) is 11.8 Å². The zero-order valence-corrected chi connectivity index (χ0v) is 17.5. The molecule has 0 aliphatic heterocycles. The van der Waals surface area contributed by atoms with Crippen LogP contribution < -0.4 is 5.32 Å². The van der Waals surface area contributed by atoms with Crippen LogP contribution in [-0.2, 0) is 4.74 Å². The van der Waals surface area contributed by atoms with Crippen LogP contribution >= 0.6 is 0 Å². The number of rotatable bonds is 4. The maximum atomic E-state index is 13.3. The first-order chi connectivity index (χ1) is 15.3. The molecule has 2 aromatic carbocycles. The lowest BCUT2D eigenvalue weighted by Crippen LogP contribution is -2.18. The van der Waals surface area contributed by atoms with Crippen LogP contribution in [0.25, 0.3) is 27.7 Å². The van der Waals surface area contributed by atoms with E-state index in [-0.39, 0.29) is 28.5 Å². The number of carbonyl (C=O) groups is 2. The maximum Gasteiger partial charge on any atom is 0.341 e. The SMILES string of the molecule is CNC(=O)c1c(C2=C=C=C(F)C=C2)oc2ccc(-c3cc(C(=O)OC)c(O)cc3C)cc12. The number of carbonyl (C=O) groups excluding carboxylic acids is 2. The van der Waals surface area contributed by atoms with E-state index in [1.165, 1.54) is 32.4 Å². The summed E-state index contributed by atoms with van der Waals surface area (Å²) in [5, 5.41) is 13.3. The van der Waals surface area contributed by atoms with Gasteiger partial charge in [0.15, 0.2) is 11.6 Å². The van der Waals surface area contributed by atoms with Crippen LogP contribution in [0.2, 0.25) is 0 Å². The molecule has 0 radical (unpaired) electrons. The maximum absolute atomic E-state index is 13.3. The van der Waals surface area contributed by atoms with Crippen molar-refractivity contribution in [2.75, 3.05) is 14.2 Å². The van der Waals surface area contributed by atoms with Gasteiger partial charge >= 0.3 is 5.97 Å². The van der Waals surface area contributed by atoms with E-state index >= 15 is 0 Å². The van der Waals surface area contributed by atoms with Crippen molar-refractivity contribution in [2.45, 2.75) is 6.92 Å². The number of phenolic OH excluding ortho intramolecular Hbond substituents is 1. The average Bonchev–Trinajstić information content (AvgIpc) is 3.17. The molecule has 4 rings (SSSR count). The van der Waals surface area contributed by atoms with E-state index in [2.05, 4.69) is 16.8 Å². The van der Waals surface area contributed by atoms with Gasteiger partial charge in [-0.2, -0.15) is 4.39 Å². The number of allylic oxidation sites excluding steroid dienone is 4. The van der Waals surface area contributed by atoms with Gasteiger partial charge < -0.3 is 19.6 Å². The summed E-state index contributed by atoms with van der Waals surface area (Å²) in [5.41, 5.74) is 8.25. The number of phenols is 1. The smallest absolute Gasteiger partial charge is 0.341 e. The summed E-state index contributed by atoms with van der Waals surface area (Å²) < 4.78 is 24.0. The van der Waals surface area contributed by atoms with Gasteiger partial charge in [0.2, 0.25) is 0 Å². The second kappa shape index (κ2) is 8.08.